The van der Waals surface area contributed by atoms with Crippen molar-refractivity contribution in [2.45, 2.75) is 56.7 Å². The molecule has 8 nitrogen and oxygen atoms in total. The van der Waals surface area contributed by atoms with E-state index in [2.05, 4.69) is 15.1 Å². The third-order valence-electron chi connectivity index (χ3n) is 7.94. The van der Waals surface area contributed by atoms with E-state index in [-0.39, 0.29) is 18.2 Å². The highest BCUT2D eigenvalue weighted by atomic mass is 35.5. The Kier molecular flexibility index (Phi) is 7.68. The molecule has 0 aliphatic carbocycles. The maximum absolute atomic E-state index is 13.0. The number of piperidine rings is 2. The maximum Gasteiger partial charge on any atom is 0.260 e. The zero-order valence-corrected chi connectivity index (χ0v) is 22.0. The number of unbranched alkanes of at least 4 members (excludes halogenated alkanes) is 1. The Morgan fingerprint density at radius 3 is 2.55 bits per heavy atom. The van der Waals surface area contributed by atoms with Crippen molar-refractivity contribution in [2.75, 3.05) is 26.2 Å². The van der Waals surface area contributed by atoms with E-state index >= 15 is 0 Å². The fourth-order valence-corrected chi connectivity index (χ4v) is 5.81. The minimum atomic E-state index is -0.633. The first-order valence-corrected chi connectivity index (χ1v) is 13.5. The number of rotatable bonds is 8. The summed E-state index contributed by atoms with van der Waals surface area (Å²) < 4.78 is 6.08. The van der Waals surface area contributed by atoms with Crippen LogP contribution in [0.4, 0.5) is 0 Å². The highest BCUT2D eigenvalue weighted by molar-refractivity contribution is 6.30. The molecule has 2 aromatic rings. The Balaban J connectivity index is 1.09. The summed E-state index contributed by atoms with van der Waals surface area (Å²) >= 11 is 6.03. The molecule has 5 rings (SSSR count). The second kappa shape index (κ2) is 11.1. The van der Waals surface area contributed by atoms with Gasteiger partial charge in [-0.05, 0) is 62.2 Å². The molecule has 1 unspecified atom stereocenters. The van der Waals surface area contributed by atoms with Crippen LogP contribution in [-0.4, -0.2) is 59.8 Å². The molecule has 1 N–H and O–H groups in total. The quantitative estimate of drug-likeness (QED) is 0.312. The Morgan fingerprint density at radius 1 is 1.08 bits per heavy atom. The summed E-state index contributed by atoms with van der Waals surface area (Å²) in [4.78, 5) is 44.8. The van der Waals surface area contributed by atoms with Crippen LogP contribution in [0, 0.1) is 6.57 Å². The van der Waals surface area contributed by atoms with Crippen LogP contribution in [-0.2, 0) is 21.7 Å². The van der Waals surface area contributed by atoms with Crippen LogP contribution in [0.5, 0.6) is 5.75 Å². The largest absolute Gasteiger partial charge is 0.493 e. The normalized spacial score (nSPS) is 21.1. The van der Waals surface area contributed by atoms with Crippen molar-refractivity contribution in [1.82, 2.24) is 15.1 Å². The first-order valence-electron chi connectivity index (χ1n) is 13.2. The van der Waals surface area contributed by atoms with E-state index in [1.54, 1.807) is 17.0 Å². The number of imide groups is 1. The lowest BCUT2D eigenvalue weighted by Crippen LogP contribution is -2.52. The molecule has 3 heterocycles. The lowest BCUT2D eigenvalue weighted by atomic mass is 9.81. The van der Waals surface area contributed by atoms with Crippen LogP contribution in [0.2, 0.25) is 5.02 Å². The van der Waals surface area contributed by atoms with Crippen LogP contribution in [0.25, 0.3) is 4.85 Å². The van der Waals surface area contributed by atoms with Crippen LogP contribution >= 0.6 is 11.6 Å². The van der Waals surface area contributed by atoms with Gasteiger partial charge in [0.2, 0.25) is 11.8 Å². The van der Waals surface area contributed by atoms with Crippen molar-refractivity contribution in [1.29, 1.82) is 0 Å². The zero-order valence-electron chi connectivity index (χ0n) is 21.2. The van der Waals surface area contributed by atoms with Gasteiger partial charge in [0.25, 0.3) is 11.4 Å². The van der Waals surface area contributed by atoms with E-state index in [0.717, 1.165) is 56.4 Å². The minimum absolute atomic E-state index is 0.195. The molecule has 0 bridgehead atoms. The minimum Gasteiger partial charge on any atom is -0.493 e. The summed E-state index contributed by atoms with van der Waals surface area (Å²) in [6.07, 6.45) is 4.04. The number of hydrogen-bond acceptors (Lipinski definition) is 5. The summed E-state index contributed by atoms with van der Waals surface area (Å²) in [5.41, 5.74) is 1.95. The average Bonchev–Trinajstić information content (AvgIpc) is 3.26. The van der Waals surface area contributed by atoms with Gasteiger partial charge in [0.1, 0.15) is 11.8 Å². The van der Waals surface area contributed by atoms with Gasteiger partial charge in [-0.2, -0.15) is 0 Å². The Morgan fingerprint density at radius 2 is 1.84 bits per heavy atom. The smallest absolute Gasteiger partial charge is 0.260 e. The SMILES string of the molecule is [C-]#[N+]C1(c2ccc(Cl)cc2)CCN(CCCCOc2cccc3c2CN(C2CCC(=O)NC2=O)C3=O)CC1. The van der Waals surface area contributed by atoms with Crippen LogP contribution < -0.4 is 10.1 Å². The topological polar surface area (TPSA) is 83.3 Å². The number of hydrogen-bond donors (Lipinski definition) is 1. The standard InChI is InChI=1S/C29H31ClN4O4/c1-31-29(20-7-9-21(30)10-8-20)13-16-33(17-14-29)15-2-3-18-38-25-6-4-5-22-23(25)19-34(28(22)37)24-11-12-26(35)32-27(24)36/h4-10,24H,2-3,11-19H2,(H,32,35,36). The molecule has 2 saturated heterocycles. The second-order valence-electron chi connectivity index (χ2n) is 10.2. The van der Waals surface area contributed by atoms with E-state index in [4.69, 9.17) is 22.9 Å². The van der Waals surface area contributed by atoms with Gasteiger partial charge in [-0.1, -0.05) is 17.7 Å². The van der Waals surface area contributed by atoms with Crippen LogP contribution in [0.3, 0.4) is 0 Å². The Bertz CT molecular complexity index is 1260. The molecule has 0 spiro atoms. The lowest BCUT2D eigenvalue weighted by molar-refractivity contribution is -0.136. The fourth-order valence-electron chi connectivity index (χ4n) is 5.68. The predicted octanol–water partition coefficient (Wildman–Crippen LogP) is 4.17. The van der Waals surface area contributed by atoms with Crippen molar-refractivity contribution in [3.05, 3.63) is 75.6 Å². The predicted molar refractivity (Wildman–Crippen MR) is 143 cm³/mol. The molecular formula is C29H31ClN4O4. The van der Waals surface area contributed by atoms with E-state index in [0.29, 0.717) is 35.9 Å². The Labute approximate surface area is 227 Å². The molecule has 3 amide bonds. The summed E-state index contributed by atoms with van der Waals surface area (Å²) in [7, 11) is 0. The van der Waals surface area contributed by atoms with E-state index in [1.165, 1.54) is 0 Å². The molecule has 3 aliphatic heterocycles. The number of ether oxygens (including phenoxy) is 1. The molecule has 0 radical (unpaired) electrons. The summed E-state index contributed by atoms with van der Waals surface area (Å²) in [5.74, 6) is -0.229. The first-order chi connectivity index (χ1) is 18.4. The van der Waals surface area contributed by atoms with Gasteiger partial charge in [-0.25, -0.2) is 6.57 Å². The third-order valence-corrected chi connectivity index (χ3v) is 8.20. The van der Waals surface area contributed by atoms with Crippen molar-refractivity contribution < 1.29 is 19.1 Å². The molecule has 38 heavy (non-hydrogen) atoms. The number of nitrogens with zero attached hydrogens (tertiary/aromatic N) is 3. The molecule has 2 fully saturated rings. The molecule has 9 heteroatoms. The van der Waals surface area contributed by atoms with Gasteiger partial charge in [-0.3, -0.25) is 19.7 Å². The summed E-state index contributed by atoms with van der Waals surface area (Å²) in [6, 6.07) is 12.5. The van der Waals surface area contributed by atoms with Gasteiger partial charge in [0.05, 0.1) is 13.2 Å². The number of likely N-dealkylation sites (tertiary alicyclic amines) is 1. The van der Waals surface area contributed by atoms with Gasteiger partial charge >= 0.3 is 0 Å². The fraction of sp³-hybridized carbons (Fsp3) is 0.448. The molecule has 3 aliphatic rings. The molecule has 1 atom stereocenters. The average molecular weight is 535 g/mol. The molecule has 0 aromatic heterocycles. The van der Waals surface area contributed by atoms with Gasteiger partial charge < -0.3 is 19.4 Å². The van der Waals surface area contributed by atoms with Crippen molar-refractivity contribution in [3.63, 3.8) is 0 Å². The van der Waals surface area contributed by atoms with E-state index in [9.17, 15) is 14.4 Å². The highest BCUT2D eigenvalue weighted by Gasteiger charge is 2.42. The van der Waals surface area contributed by atoms with Gasteiger partial charge in [0.15, 0.2) is 0 Å². The third kappa shape index (κ3) is 5.27. The molecule has 198 valence electrons. The highest BCUT2D eigenvalue weighted by Crippen LogP contribution is 2.38. The number of nitrogens with one attached hydrogen (secondary N) is 1. The monoisotopic (exact) mass is 534 g/mol. The lowest BCUT2D eigenvalue weighted by Gasteiger charge is -2.34. The van der Waals surface area contributed by atoms with E-state index < -0.39 is 17.5 Å². The van der Waals surface area contributed by atoms with Crippen molar-refractivity contribution >= 4 is 29.3 Å². The molecule has 0 saturated carbocycles. The zero-order chi connectivity index (χ0) is 26.7. The number of carbonyl (C=O) groups excluding carboxylic acids is 3. The Hall–Kier alpha value is -3.41. The van der Waals surface area contributed by atoms with Gasteiger partial charge in [-0.15, -0.1) is 0 Å². The van der Waals surface area contributed by atoms with Crippen molar-refractivity contribution in [3.8, 4) is 5.75 Å². The number of carbonyl (C=O) groups is 3. The second-order valence-corrected chi connectivity index (χ2v) is 10.7. The van der Waals surface area contributed by atoms with E-state index in [1.807, 2.05) is 30.3 Å². The van der Waals surface area contributed by atoms with Gasteiger partial charge in [0, 0.05) is 54.1 Å². The number of fused-ring (bicyclic) bond motifs is 1. The summed E-state index contributed by atoms with van der Waals surface area (Å²) in [5, 5.41) is 3.02. The van der Waals surface area contributed by atoms with Crippen LogP contribution in [0.1, 0.15) is 60.0 Å². The number of benzene rings is 2. The molecular weight excluding hydrogens is 504 g/mol. The van der Waals surface area contributed by atoms with Crippen molar-refractivity contribution in [2.24, 2.45) is 0 Å². The molecule has 2 aromatic carbocycles. The van der Waals surface area contributed by atoms with Crippen LogP contribution in [0.15, 0.2) is 42.5 Å². The first kappa shape index (κ1) is 26.2. The number of amides is 3. The maximum atomic E-state index is 13.0. The number of halogens is 1. The summed E-state index contributed by atoms with van der Waals surface area (Å²) in [6.45, 7) is 11.4.